The lowest BCUT2D eigenvalue weighted by Gasteiger charge is -2.31. The number of nitrogens with zero attached hydrogens (tertiary/aromatic N) is 1. The summed E-state index contributed by atoms with van der Waals surface area (Å²) in [7, 11) is -3.51. The summed E-state index contributed by atoms with van der Waals surface area (Å²) in [6.07, 6.45) is 1.35. The van der Waals surface area contributed by atoms with Crippen LogP contribution in [0.15, 0.2) is 42.5 Å². The van der Waals surface area contributed by atoms with Gasteiger partial charge in [0, 0.05) is 23.8 Å². The van der Waals surface area contributed by atoms with Crippen LogP contribution in [-0.2, 0) is 20.6 Å². The Hall–Kier alpha value is -1.89. The van der Waals surface area contributed by atoms with Crippen LogP contribution in [0.2, 0.25) is 5.02 Å². The fourth-order valence-corrected chi connectivity index (χ4v) is 5.34. The molecule has 1 aliphatic heterocycles. The minimum Gasteiger partial charge on any atom is -0.326 e. The van der Waals surface area contributed by atoms with Gasteiger partial charge in [0.1, 0.15) is 0 Å². The first-order valence-electron chi connectivity index (χ1n) is 9.35. The topological polar surface area (TPSA) is 66.5 Å². The predicted octanol–water partition coefficient (Wildman–Crippen LogP) is 4.14. The zero-order valence-corrected chi connectivity index (χ0v) is 17.7. The van der Waals surface area contributed by atoms with E-state index >= 15 is 0 Å². The molecule has 1 heterocycles. The summed E-state index contributed by atoms with van der Waals surface area (Å²) in [5, 5.41) is 3.47. The molecule has 1 amide bonds. The number of aryl methyl sites for hydroxylation is 2. The number of hydrogen-bond donors (Lipinski definition) is 1. The summed E-state index contributed by atoms with van der Waals surface area (Å²) in [5.41, 5.74) is 3.55. The number of benzene rings is 2. The van der Waals surface area contributed by atoms with Crippen molar-refractivity contribution in [1.29, 1.82) is 0 Å². The van der Waals surface area contributed by atoms with Gasteiger partial charge in [-0.15, -0.1) is 0 Å². The molecule has 0 saturated carbocycles. The standard InChI is InChI=1S/C21H25ClN2O3S/c1-15-8-9-20(16(2)11-15)23-21(25)18-6-4-10-24(13-18)28(26,27)14-17-5-3-7-19(22)12-17/h3,5,7-9,11-12,18H,4,6,10,13-14H2,1-2H3,(H,23,25). The first kappa shape index (κ1) is 20.8. The summed E-state index contributed by atoms with van der Waals surface area (Å²) in [5.74, 6) is -0.600. The molecule has 1 aliphatic rings. The van der Waals surface area contributed by atoms with E-state index in [4.69, 9.17) is 11.6 Å². The van der Waals surface area contributed by atoms with Gasteiger partial charge >= 0.3 is 0 Å². The Morgan fingerprint density at radius 3 is 2.71 bits per heavy atom. The molecule has 1 N–H and O–H groups in total. The third-order valence-electron chi connectivity index (χ3n) is 5.03. The molecule has 1 saturated heterocycles. The second kappa shape index (κ2) is 8.64. The van der Waals surface area contributed by atoms with E-state index in [1.54, 1.807) is 24.3 Å². The Morgan fingerprint density at radius 2 is 2.00 bits per heavy atom. The maximum absolute atomic E-state index is 12.8. The van der Waals surface area contributed by atoms with E-state index in [1.807, 2.05) is 32.0 Å². The number of piperidine rings is 1. The van der Waals surface area contributed by atoms with Crippen LogP contribution >= 0.6 is 11.6 Å². The van der Waals surface area contributed by atoms with Gasteiger partial charge in [-0.25, -0.2) is 12.7 Å². The van der Waals surface area contributed by atoms with Gasteiger partial charge < -0.3 is 5.32 Å². The lowest BCUT2D eigenvalue weighted by molar-refractivity contribution is -0.120. The summed E-state index contributed by atoms with van der Waals surface area (Å²) in [4.78, 5) is 12.7. The maximum Gasteiger partial charge on any atom is 0.228 e. The van der Waals surface area contributed by atoms with Crippen molar-refractivity contribution in [1.82, 2.24) is 4.31 Å². The van der Waals surface area contributed by atoms with Gasteiger partial charge in [0.2, 0.25) is 15.9 Å². The monoisotopic (exact) mass is 420 g/mol. The van der Waals surface area contributed by atoms with E-state index in [-0.39, 0.29) is 24.1 Å². The molecule has 1 unspecified atom stereocenters. The summed E-state index contributed by atoms with van der Waals surface area (Å²) >= 11 is 5.96. The molecule has 0 aliphatic carbocycles. The highest BCUT2D eigenvalue weighted by Crippen LogP contribution is 2.24. The molecule has 2 aromatic carbocycles. The van der Waals surface area contributed by atoms with Crippen molar-refractivity contribution in [3.05, 3.63) is 64.2 Å². The van der Waals surface area contributed by atoms with Crippen LogP contribution in [0, 0.1) is 19.8 Å². The highest BCUT2D eigenvalue weighted by molar-refractivity contribution is 7.88. The largest absolute Gasteiger partial charge is 0.326 e. The molecule has 28 heavy (non-hydrogen) atoms. The highest BCUT2D eigenvalue weighted by Gasteiger charge is 2.32. The lowest BCUT2D eigenvalue weighted by atomic mass is 9.98. The van der Waals surface area contributed by atoms with E-state index < -0.39 is 10.0 Å². The molecule has 0 radical (unpaired) electrons. The van der Waals surface area contributed by atoms with Crippen LogP contribution in [-0.4, -0.2) is 31.7 Å². The number of nitrogens with one attached hydrogen (secondary N) is 1. The summed E-state index contributed by atoms with van der Waals surface area (Å²) in [6, 6.07) is 12.7. The van der Waals surface area contributed by atoms with Crippen molar-refractivity contribution in [2.45, 2.75) is 32.4 Å². The maximum atomic E-state index is 12.8. The number of carbonyl (C=O) groups excluding carboxylic acids is 1. The number of sulfonamides is 1. The minimum atomic E-state index is -3.51. The van der Waals surface area contributed by atoms with Crippen LogP contribution in [0.3, 0.4) is 0 Å². The van der Waals surface area contributed by atoms with Crippen LogP contribution in [0.4, 0.5) is 5.69 Å². The van der Waals surface area contributed by atoms with Crippen LogP contribution in [0.1, 0.15) is 29.5 Å². The molecular weight excluding hydrogens is 396 g/mol. The number of anilines is 1. The highest BCUT2D eigenvalue weighted by atomic mass is 35.5. The van der Waals surface area contributed by atoms with Crippen molar-refractivity contribution in [3.63, 3.8) is 0 Å². The van der Waals surface area contributed by atoms with E-state index in [2.05, 4.69) is 5.32 Å². The SMILES string of the molecule is Cc1ccc(NC(=O)C2CCCN(S(=O)(=O)Cc3cccc(Cl)c3)C2)c(C)c1. The number of rotatable bonds is 5. The third kappa shape index (κ3) is 5.13. The lowest BCUT2D eigenvalue weighted by Crippen LogP contribution is -2.44. The third-order valence-corrected chi connectivity index (χ3v) is 7.08. The van der Waals surface area contributed by atoms with Crippen molar-refractivity contribution < 1.29 is 13.2 Å². The van der Waals surface area contributed by atoms with Gasteiger partial charge in [0.15, 0.2) is 0 Å². The van der Waals surface area contributed by atoms with Crippen LogP contribution in [0.25, 0.3) is 0 Å². The number of hydrogen-bond acceptors (Lipinski definition) is 3. The minimum absolute atomic E-state index is 0.112. The van der Waals surface area contributed by atoms with Gasteiger partial charge in [-0.2, -0.15) is 0 Å². The van der Waals surface area contributed by atoms with Crippen molar-refractivity contribution >= 4 is 33.2 Å². The van der Waals surface area contributed by atoms with Crippen LogP contribution in [0.5, 0.6) is 0 Å². The van der Waals surface area contributed by atoms with Gasteiger partial charge in [-0.1, -0.05) is 41.4 Å². The van der Waals surface area contributed by atoms with E-state index in [0.717, 1.165) is 16.8 Å². The summed E-state index contributed by atoms with van der Waals surface area (Å²) in [6.45, 7) is 4.60. The molecular formula is C21H25ClN2O3S. The molecule has 3 rings (SSSR count). The van der Waals surface area contributed by atoms with Crippen LogP contribution < -0.4 is 5.32 Å². The Morgan fingerprint density at radius 1 is 1.21 bits per heavy atom. The molecule has 7 heteroatoms. The Labute approximate surface area is 171 Å². The van der Waals surface area contributed by atoms with Crippen molar-refractivity contribution in [3.8, 4) is 0 Å². The number of amides is 1. The normalized spacial score (nSPS) is 18.0. The molecule has 1 atom stereocenters. The molecule has 2 aromatic rings. The average Bonchev–Trinajstić information content (AvgIpc) is 2.64. The molecule has 1 fully saturated rings. The number of carbonyl (C=O) groups is 1. The van der Waals surface area contributed by atoms with E-state index in [1.165, 1.54) is 4.31 Å². The smallest absolute Gasteiger partial charge is 0.228 e. The molecule has 150 valence electrons. The second-order valence-electron chi connectivity index (χ2n) is 7.39. The molecule has 0 aromatic heterocycles. The van der Waals surface area contributed by atoms with E-state index in [9.17, 15) is 13.2 Å². The quantitative estimate of drug-likeness (QED) is 0.790. The first-order chi connectivity index (χ1) is 13.2. The van der Waals surface area contributed by atoms with Gasteiger partial charge in [0.25, 0.3) is 0 Å². The Kier molecular flexibility index (Phi) is 6.43. The zero-order valence-electron chi connectivity index (χ0n) is 16.1. The van der Waals surface area contributed by atoms with E-state index in [0.29, 0.717) is 30.0 Å². The Balaban J connectivity index is 1.68. The Bertz CT molecular complexity index is 975. The molecule has 0 bridgehead atoms. The zero-order chi connectivity index (χ0) is 20.3. The van der Waals surface area contributed by atoms with Gasteiger partial charge in [-0.3, -0.25) is 4.79 Å². The fourth-order valence-electron chi connectivity index (χ4n) is 3.53. The second-order valence-corrected chi connectivity index (χ2v) is 9.80. The first-order valence-corrected chi connectivity index (χ1v) is 11.3. The predicted molar refractivity (Wildman–Crippen MR) is 113 cm³/mol. The number of halogens is 1. The molecule has 5 nitrogen and oxygen atoms in total. The van der Waals surface area contributed by atoms with Crippen molar-refractivity contribution in [2.24, 2.45) is 5.92 Å². The van der Waals surface area contributed by atoms with Gasteiger partial charge in [-0.05, 0) is 56.0 Å². The fraction of sp³-hybridized carbons (Fsp3) is 0.381. The van der Waals surface area contributed by atoms with Crippen molar-refractivity contribution in [2.75, 3.05) is 18.4 Å². The summed E-state index contributed by atoms with van der Waals surface area (Å²) < 4.78 is 27.1. The average molecular weight is 421 g/mol. The molecule has 0 spiro atoms. The van der Waals surface area contributed by atoms with Gasteiger partial charge in [0.05, 0.1) is 11.7 Å².